The first-order chi connectivity index (χ1) is 15.5. The van der Waals surface area contributed by atoms with Crippen molar-refractivity contribution in [1.82, 2.24) is 4.98 Å². The van der Waals surface area contributed by atoms with Crippen molar-refractivity contribution in [2.24, 2.45) is 0 Å². The summed E-state index contributed by atoms with van der Waals surface area (Å²) >= 11 is 0. The molecule has 0 fully saturated rings. The Hall–Kier alpha value is -4.27. The number of pyridine rings is 1. The Labute approximate surface area is 185 Å². The first kappa shape index (κ1) is 22.4. The minimum absolute atomic E-state index is 0.152. The van der Waals surface area contributed by atoms with Crippen molar-refractivity contribution in [3.8, 4) is 23.0 Å². The molecule has 2 amide bonds. The van der Waals surface area contributed by atoms with Gasteiger partial charge in [-0.25, -0.2) is 0 Å². The molecule has 2 N–H and O–H groups in total. The summed E-state index contributed by atoms with van der Waals surface area (Å²) in [5.41, 5.74) is 1.46. The van der Waals surface area contributed by atoms with Gasteiger partial charge in [0.15, 0.2) is 11.5 Å². The maximum absolute atomic E-state index is 12.6. The molecule has 1 aromatic heterocycles. The molecule has 9 heteroatoms. The number of nitrogens with one attached hydrogen (secondary N) is 2. The summed E-state index contributed by atoms with van der Waals surface area (Å²) in [6.07, 6.45) is 1.33. The molecule has 0 aliphatic rings. The number of hydrogen-bond acceptors (Lipinski definition) is 7. The molecule has 0 aliphatic carbocycles. The van der Waals surface area contributed by atoms with E-state index in [1.54, 1.807) is 36.4 Å². The van der Waals surface area contributed by atoms with E-state index in [1.165, 1.54) is 46.8 Å². The van der Waals surface area contributed by atoms with E-state index in [9.17, 15) is 9.59 Å². The highest BCUT2D eigenvalue weighted by Gasteiger charge is 2.13. The average molecular weight is 437 g/mol. The number of carbonyl (C=O) groups is 2. The fourth-order valence-electron chi connectivity index (χ4n) is 2.85. The van der Waals surface area contributed by atoms with E-state index >= 15 is 0 Å². The predicted octanol–water partition coefficient (Wildman–Crippen LogP) is 3.62. The molecule has 166 valence electrons. The van der Waals surface area contributed by atoms with Gasteiger partial charge in [0.2, 0.25) is 0 Å². The minimum atomic E-state index is -0.429. The standard InChI is InChI=1S/C23H23N3O6/c1-29-17-9-16(10-18(12-17)30-2)26-22(27)14-5-7-19(24-13-14)23(28)25-15-6-8-20(31-3)21(11-15)32-4/h5-13H,1-4H3,(H,25,28)(H,26,27). The van der Waals surface area contributed by atoms with Crippen LogP contribution in [0.25, 0.3) is 0 Å². The van der Waals surface area contributed by atoms with Gasteiger partial charge in [-0.05, 0) is 24.3 Å². The van der Waals surface area contributed by atoms with Gasteiger partial charge in [0, 0.05) is 41.8 Å². The highest BCUT2D eigenvalue weighted by molar-refractivity contribution is 6.06. The average Bonchev–Trinajstić information content (AvgIpc) is 2.83. The second kappa shape index (κ2) is 10.2. The van der Waals surface area contributed by atoms with E-state index in [2.05, 4.69) is 15.6 Å². The first-order valence-corrected chi connectivity index (χ1v) is 9.51. The van der Waals surface area contributed by atoms with Crippen molar-refractivity contribution < 1.29 is 28.5 Å². The largest absolute Gasteiger partial charge is 0.497 e. The fourth-order valence-corrected chi connectivity index (χ4v) is 2.85. The number of anilines is 2. The van der Waals surface area contributed by atoms with E-state index in [1.807, 2.05) is 0 Å². The molecule has 3 aromatic rings. The zero-order valence-corrected chi connectivity index (χ0v) is 18.1. The van der Waals surface area contributed by atoms with Gasteiger partial charge in [0.25, 0.3) is 11.8 Å². The molecule has 0 atom stereocenters. The third-order valence-corrected chi connectivity index (χ3v) is 4.51. The van der Waals surface area contributed by atoms with Gasteiger partial charge in [-0.1, -0.05) is 0 Å². The van der Waals surface area contributed by atoms with E-state index in [0.29, 0.717) is 34.4 Å². The fraction of sp³-hybridized carbons (Fsp3) is 0.174. The topological polar surface area (TPSA) is 108 Å². The van der Waals surface area contributed by atoms with Crippen LogP contribution in [0.3, 0.4) is 0 Å². The molecule has 3 rings (SSSR count). The number of ether oxygens (including phenoxy) is 4. The Kier molecular flexibility index (Phi) is 7.12. The lowest BCUT2D eigenvalue weighted by Gasteiger charge is -2.11. The SMILES string of the molecule is COc1cc(NC(=O)c2ccc(C(=O)Nc3ccc(OC)c(OC)c3)nc2)cc(OC)c1. The number of aromatic nitrogens is 1. The summed E-state index contributed by atoms with van der Waals surface area (Å²) in [5, 5.41) is 5.49. The number of hydrogen-bond donors (Lipinski definition) is 2. The minimum Gasteiger partial charge on any atom is -0.497 e. The zero-order valence-electron chi connectivity index (χ0n) is 18.1. The third kappa shape index (κ3) is 5.25. The quantitative estimate of drug-likeness (QED) is 0.554. The van der Waals surface area contributed by atoms with E-state index in [0.717, 1.165) is 0 Å². The Balaban J connectivity index is 1.69. The molecule has 0 radical (unpaired) electrons. The molecule has 0 unspecified atom stereocenters. The molecule has 2 aromatic carbocycles. The normalized spacial score (nSPS) is 10.1. The molecule has 9 nitrogen and oxygen atoms in total. The number of benzene rings is 2. The Morgan fingerprint density at radius 3 is 1.91 bits per heavy atom. The lowest BCUT2D eigenvalue weighted by molar-refractivity contribution is 0.101. The van der Waals surface area contributed by atoms with Gasteiger partial charge in [0.1, 0.15) is 17.2 Å². The third-order valence-electron chi connectivity index (χ3n) is 4.51. The van der Waals surface area contributed by atoms with Gasteiger partial charge in [0.05, 0.1) is 34.0 Å². The van der Waals surface area contributed by atoms with Crippen molar-refractivity contribution in [2.45, 2.75) is 0 Å². The van der Waals surface area contributed by atoms with Crippen molar-refractivity contribution in [2.75, 3.05) is 39.1 Å². The number of rotatable bonds is 8. The number of carbonyl (C=O) groups excluding carboxylic acids is 2. The summed E-state index contributed by atoms with van der Waals surface area (Å²) in [6, 6.07) is 13.0. The molecular formula is C23H23N3O6. The summed E-state index contributed by atoms with van der Waals surface area (Å²) in [5.74, 6) is 1.30. The van der Waals surface area contributed by atoms with E-state index in [4.69, 9.17) is 18.9 Å². The molecule has 0 spiro atoms. The highest BCUT2D eigenvalue weighted by Crippen LogP contribution is 2.30. The van der Waals surface area contributed by atoms with Crippen LogP contribution in [0.4, 0.5) is 11.4 Å². The predicted molar refractivity (Wildman–Crippen MR) is 119 cm³/mol. The molecule has 0 aliphatic heterocycles. The van der Waals surface area contributed by atoms with Crippen LogP contribution in [0.5, 0.6) is 23.0 Å². The van der Waals surface area contributed by atoms with Gasteiger partial charge < -0.3 is 29.6 Å². The molecule has 32 heavy (non-hydrogen) atoms. The summed E-state index contributed by atoms with van der Waals surface area (Å²) in [7, 11) is 6.09. The second-order valence-corrected chi connectivity index (χ2v) is 6.51. The second-order valence-electron chi connectivity index (χ2n) is 6.51. The maximum atomic E-state index is 12.6. The van der Waals surface area contributed by atoms with Gasteiger partial charge in [-0.3, -0.25) is 14.6 Å². The van der Waals surface area contributed by atoms with Crippen molar-refractivity contribution in [3.05, 3.63) is 66.0 Å². The van der Waals surface area contributed by atoms with Crippen LogP contribution in [0.15, 0.2) is 54.7 Å². The first-order valence-electron chi connectivity index (χ1n) is 9.51. The Morgan fingerprint density at radius 1 is 0.688 bits per heavy atom. The summed E-state index contributed by atoms with van der Waals surface area (Å²) in [4.78, 5) is 29.2. The van der Waals surface area contributed by atoms with Crippen molar-refractivity contribution in [3.63, 3.8) is 0 Å². The molecule has 1 heterocycles. The smallest absolute Gasteiger partial charge is 0.274 e. The molecule has 0 saturated heterocycles. The lowest BCUT2D eigenvalue weighted by atomic mass is 10.2. The van der Waals surface area contributed by atoms with Gasteiger partial charge in [-0.2, -0.15) is 0 Å². The highest BCUT2D eigenvalue weighted by atomic mass is 16.5. The summed E-state index contributed by atoms with van der Waals surface area (Å²) in [6.45, 7) is 0. The Bertz CT molecular complexity index is 1090. The number of methoxy groups -OCH3 is 4. The van der Waals surface area contributed by atoms with Crippen LogP contribution in [-0.4, -0.2) is 45.2 Å². The van der Waals surface area contributed by atoms with Crippen LogP contribution < -0.4 is 29.6 Å². The van der Waals surface area contributed by atoms with Crippen molar-refractivity contribution in [1.29, 1.82) is 0 Å². The maximum Gasteiger partial charge on any atom is 0.274 e. The summed E-state index contributed by atoms with van der Waals surface area (Å²) < 4.78 is 20.8. The van der Waals surface area contributed by atoms with Crippen LogP contribution in [0.1, 0.15) is 20.8 Å². The van der Waals surface area contributed by atoms with E-state index < -0.39 is 5.91 Å². The monoisotopic (exact) mass is 437 g/mol. The van der Waals surface area contributed by atoms with Crippen LogP contribution >= 0.6 is 0 Å². The molecule has 0 saturated carbocycles. The van der Waals surface area contributed by atoms with Crippen molar-refractivity contribution >= 4 is 23.2 Å². The number of nitrogens with zero attached hydrogens (tertiary/aromatic N) is 1. The van der Waals surface area contributed by atoms with Crippen LogP contribution in [0, 0.1) is 0 Å². The van der Waals surface area contributed by atoms with Gasteiger partial charge in [-0.15, -0.1) is 0 Å². The molecular weight excluding hydrogens is 414 g/mol. The van der Waals surface area contributed by atoms with E-state index in [-0.39, 0.29) is 17.2 Å². The lowest BCUT2D eigenvalue weighted by Crippen LogP contribution is -2.16. The van der Waals surface area contributed by atoms with Gasteiger partial charge >= 0.3 is 0 Å². The van der Waals surface area contributed by atoms with Crippen LogP contribution in [0.2, 0.25) is 0 Å². The Morgan fingerprint density at radius 2 is 1.34 bits per heavy atom. The van der Waals surface area contributed by atoms with Crippen LogP contribution in [-0.2, 0) is 0 Å². The number of amides is 2. The molecule has 0 bridgehead atoms. The zero-order chi connectivity index (χ0) is 23.1.